The van der Waals surface area contributed by atoms with Crippen molar-refractivity contribution in [2.24, 2.45) is 11.1 Å². The lowest BCUT2D eigenvalue weighted by molar-refractivity contribution is -0.135. The molecule has 0 saturated heterocycles. The zero-order valence-corrected chi connectivity index (χ0v) is 12.7. The Hall–Kier alpha value is -1.10. The molecule has 0 radical (unpaired) electrons. The SMILES string of the molecule is CCCC(CN)(CCC)C(=O)NC(C)C(=O)NCC. The molecule has 5 heteroatoms. The van der Waals surface area contributed by atoms with Gasteiger partial charge in [-0.3, -0.25) is 9.59 Å². The number of nitrogens with one attached hydrogen (secondary N) is 2. The Kier molecular flexibility index (Phi) is 8.39. The lowest BCUT2D eigenvalue weighted by atomic mass is 9.78. The standard InChI is InChI=1S/C14H29N3O2/c1-5-8-14(10-15,9-6-2)13(19)17-11(4)12(18)16-7-3/h11H,5-10,15H2,1-4H3,(H,16,18)(H,17,19). The third-order valence-corrected chi connectivity index (χ3v) is 3.42. The minimum atomic E-state index is -0.537. The molecule has 0 fully saturated rings. The Bertz CT molecular complexity index is 286. The molecule has 0 aliphatic rings. The number of amides is 2. The quantitative estimate of drug-likeness (QED) is 0.588. The van der Waals surface area contributed by atoms with Crippen molar-refractivity contribution in [2.75, 3.05) is 13.1 Å². The Labute approximate surface area is 116 Å². The molecule has 5 nitrogen and oxygen atoms in total. The van der Waals surface area contributed by atoms with Gasteiger partial charge in [-0.2, -0.15) is 0 Å². The first kappa shape index (κ1) is 17.9. The van der Waals surface area contributed by atoms with Gasteiger partial charge in [-0.1, -0.05) is 26.7 Å². The predicted octanol–water partition coefficient (Wildman–Crippen LogP) is 1.17. The summed E-state index contributed by atoms with van der Waals surface area (Å²) in [7, 11) is 0. The molecule has 2 amide bonds. The average molecular weight is 271 g/mol. The van der Waals surface area contributed by atoms with E-state index in [0.717, 1.165) is 25.7 Å². The minimum absolute atomic E-state index is 0.0996. The second-order valence-electron chi connectivity index (χ2n) is 5.07. The highest BCUT2D eigenvalue weighted by atomic mass is 16.2. The Morgan fingerprint density at radius 3 is 2.05 bits per heavy atom. The lowest BCUT2D eigenvalue weighted by Gasteiger charge is -2.31. The van der Waals surface area contributed by atoms with Crippen LogP contribution in [0.1, 0.15) is 53.4 Å². The van der Waals surface area contributed by atoms with Crippen molar-refractivity contribution in [2.45, 2.75) is 59.4 Å². The maximum atomic E-state index is 12.4. The van der Waals surface area contributed by atoms with E-state index in [0.29, 0.717) is 13.1 Å². The zero-order chi connectivity index (χ0) is 14.9. The molecule has 0 spiro atoms. The Balaban J connectivity index is 4.76. The predicted molar refractivity (Wildman–Crippen MR) is 77.6 cm³/mol. The molecule has 1 unspecified atom stereocenters. The summed E-state index contributed by atoms with van der Waals surface area (Å²) in [6, 6.07) is -0.521. The van der Waals surface area contributed by atoms with Crippen LogP contribution in [0.3, 0.4) is 0 Å². The van der Waals surface area contributed by atoms with Crippen molar-refractivity contribution >= 4 is 11.8 Å². The topological polar surface area (TPSA) is 84.2 Å². The zero-order valence-electron chi connectivity index (χ0n) is 12.7. The molecule has 0 aromatic carbocycles. The summed E-state index contributed by atoms with van der Waals surface area (Å²) < 4.78 is 0. The molecule has 0 aromatic rings. The van der Waals surface area contributed by atoms with E-state index < -0.39 is 11.5 Å². The highest BCUT2D eigenvalue weighted by molar-refractivity contribution is 5.89. The van der Waals surface area contributed by atoms with Crippen LogP contribution >= 0.6 is 0 Å². The minimum Gasteiger partial charge on any atom is -0.355 e. The number of hydrogen-bond donors (Lipinski definition) is 3. The molecule has 0 rings (SSSR count). The molecule has 1 atom stereocenters. The van der Waals surface area contributed by atoms with Crippen LogP contribution in [0.4, 0.5) is 0 Å². The van der Waals surface area contributed by atoms with Crippen LogP contribution in [-0.4, -0.2) is 30.9 Å². The van der Waals surface area contributed by atoms with Gasteiger partial charge < -0.3 is 16.4 Å². The summed E-state index contributed by atoms with van der Waals surface area (Å²) in [5.74, 6) is -0.257. The van der Waals surface area contributed by atoms with Crippen molar-refractivity contribution in [3.63, 3.8) is 0 Å². The number of rotatable bonds is 9. The van der Waals surface area contributed by atoms with Crippen LogP contribution in [0.25, 0.3) is 0 Å². The van der Waals surface area contributed by atoms with E-state index in [1.165, 1.54) is 0 Å². The fraction of sp³-hybridized carbons (Fsp3) is 0.857. The molecule has 0 aromatic heterocycles. The van der Waals surface area contributed by atoms with Crippen LogP contribution in [0, 0.1) is 5.41 Å². The lowest BCUT2D eigenvalue weighted by Crippen LogP contribution is -2.52. The van der Waals surface area contributed by atoms with Gasteiger partial charge in [0, 0.05) is 13.1 Å². The maximum absolute atomic E-state index is 12.4. The van der Waals surface area contributed by atoms with Gasteiger partial charge in [-0.05, 0) is 26.7 Å². The number of likely N-dealkylation sites (N-methyl/N-ethyl adjacent to an activating group) is 1. The van der Waals surface area contributed by atoms with E-state index in [1.807, 2.05) is 20.8 Å². The first-order valence-corrected chi connectivity index (χ1v) is 7.26. The van der Waals surface area contributed by atoms with Crippen LogP contribution < -0.4 is 16.4 Å². The van der Waals surface area contributed by atoms with Gasteiger partial charge in [0.15, 0.2) is 0 Å². The van der Waals surface area contributed by atoms with E-state index in [1.54, 1.807) is 6.92 Å². The van der Waals surface area contributed by atoms with E-state index >= 15 is 0 Å². The second-order valence-corrected chi connectivity index (χ2v) is 5.07. The van der Waals surface area contributed by atoms with Gasteiger partial charge in [-0.15, -0.1) is 0 Å². The van der Waals surface area contributed by atoms with Crippen molar-refractivity contribution in [3.05, 3.63) is 0 Å². The highest BCUT2D eigenvalue weighted by Crippen LogP contribution is 2.29. The molecule has 0 bridgehead atoms. The monoisotopic (exact) mass is 271 g/mol. The van der Waals surface area contributed by atoms with Crippen molar-refractivity contribution in [1.82, 2.24) is 10.6 Å². The van der Waals surface area contributed by atoms with Crippen molar-refractivity contribution < 1.29 is 9.59 Å². The summed E-state index contributed by atoms with van der Waals surface area (Å²) in [6.45, 7) is 8.52. The van der Waals surface area contributed by atoms with Crippen LogP contribution in [-0.2, 0) is 9.59 Å². The first-order chi connectivity index (χ1) is 8.97. The third kappa shape index (κ3) is 5.19. The maximum Gasteiger partial charge on any atom is 0.242 e. The molecule has 4 N–H and O–H groups in total. The summed E-state index contributed by atoms with van der Waals surface area (Å²) in [5.41, 5.74) is 5.29. The van der Waals surface area contributed by atoms with E-state index in [9.17, 15) is 9.59 Å². The molecule has 112 valence electrons. The Morgan fingerprint density at radius 2 is 1.68 bits per heavy atom. The summed E-state index contributed by atoms with van der Waals surface area (Å²) in [6.07, 6.45) is 3.32. The van der Waals surface area contributed by atoms with Gasteiger partial charge >= 0.3 is 0 Å². The fourth-order valence-electron chi connectivity index (χ4n) is 2.35. The van der Waals surface area contributed by atoms with Gasteiger partial charge in [0.1, 0.15) is 6.04 Å². The molecular weight excluding hydrogens is 242 g/mol. The summed E-state index contributed by atoms with van der Waals surface area (Å²) >= 11 is 0. The summed E-state index contributed by atoms with van der Waals surface area (Å²) in [5, 5.41) is 5.49. The van der Waals surface area contributed by atoms with Gasteiger partial charge in [-0.25, -0.2) is 0 Å². The molecular formula is C14H29N3O2. The molecule has 0 saturated carbocycles. The van der Waals surface area contributed by atoms with Crippen LogP contribution in [0.15, 0.2) is 0 Å². The fourth-order valence-corrected chi connectivity index (χ4v) is 2.35. The van der Waals surface area contributed by atoms with E-state index in [4.69, 9.17) is 5.73 Å². The first-order valence-electron chi connectivity index (χ1n) is 7.26. The second kappa shape index (κ2) is 8.91. The Morgan fingerprint density at radius 1 is 1.16 bits per heavy atom. The van der Waals surface area contributed by atoms with Crippen molar-refractivity contribution in [1.29, 1.82) is 0 Å². The van der Waals surface area contributed by atoms with Gasteiger partial charge in [0.05, 0.1) is 5.41 Å². The average Bonchev–Trinajstić information content (AvgIpc) is 2.38. The van der Waals surface area contributed by atoms with Gasteiger partial charge in [0.2, 0.25) is 11.8 Å². The third-order valence-electron chi connectivity index (χ3n) is 3.42. The summed E-state index contributed by atoms with van der Waals surface area (Å²) in [4.78, 5) is 24.1. The number of carbonyl (C=O) groups excluding carboxylic acids is 2. The smallest absolute Gasteiger partial charge is 0.242 e. The van der Waals surface area contributed by atoms with Gasteiger partial charge in [0.25, 0.3) is 0 Å². The van der Waals surface area contributed by atoms with Crippen molar-refractivity contribution in [3.8, 4) is 0 Å². The highest BCUT2D eigenvalue weighted by Gasteiger charge is 2.36. The molecule has 0 aliphatic carbocycles. The number of hydrogen-bond acceptors (Lipinski definition) is 3. The molecule has 0 aliphatic heterocycles. The van der Waals surface area contributed by atoms with E-state index in [2.05, 4.69) is 10.6 Å². The van der Waals surface area contributed by atoms with E-state index in [-0.39, 0.29) is 11.8 Å². The number of nitrogens with two attached hydrogens (primary N) is 1. The normalized spacial score (nSPS) is 12.9. The molecule has 19 heavy (non-hydrogen) atoms. The van der Waals surface area contributed by atoms with Crippen LogP contribution in [0.2, 0.25) is 0 Å². The largest absolute Gasteiger partial charge is 0.355 e. The number of carbonyl (C=O) groups is 2. The van der Waals surface area contributed by atoms with Crippen LogP contribution in [0.5, 0.6) is 0 Å². The molecule has 0 heterocycles.